The fraction of sp³-hybridized carbons (Fsp3) is 0.467. The van der Waals surface area contributed by atoms with Gasteiger partial charge in [0.05, 0.1) is 19.8 Å². The van der Waals surface area contributed by atoms with Crippen molar-refractivity contribution in [1.29, 1.82) is 0 Å². The number of methoxy groups -OCH3 is 2. The van der Waals surface area contributed by atoms with Crippen molar-refractivity contribution >= 4 is 24.5 Å². The highest BCUT2D eigenvalue weighted by molar-refractivity contribution is 7.80. The SMILES string of the molecule is CCc1cccc(C(=O)N[C@@H](CCS)C(=O)OC)c1OC. The fourth-order valence-corrected chi connectivity index (χ4v) is 2.30. The predicted molar refractivity (Wildman–Crippen MR) is 84.1 cm³/mol. The maximum Gasteiger partial charge on any atom is 0.328 e. The van der Waals surface area contributed by atoms with E-state index in [-0.39, 0.29) is 5.91 Å². The molecule has 1 N–H and O–H groups in total. The first-order chi connectivity index (χ1) is 10.1. The van der Waals surface area contributed by atoms with Gasteiger partial charge in [0.15, 0.2) is 0 Å². The molecule has 0 heterocycles. The molecule has 116 valence electrons. The normalized spacial score (nSPS) is 11.6. The van der Waals surface area contributed by atoms with E-state index in [4.69, 9.17) is 4.74 Å². The Morgan fingerprint density at radius 1 is 1.33 bits per heavy atom. The summed E-state index contributed by atoms with van der Waals surface area (Å²) in [5.74, 6) is 0.154. The van der Waals surface area contributed by atoms with Gasteiger partial charge in [-0.15, -0.1) is 0 Å². The van der Waals surface area contributed by atoms with E-state index in [1.165, 1.54) is 14.2 Å². The maximum absolute atomic E-state index is 12.4. The van der Waals surface area contributed by atoms with Gasteiger partial charge in [-0.3, -0.25) is 4.79 Å². The largest absolute Gasteiger partial charge is 0.496 e. The van der Waals surface area contributed by atoms with Gasteiger partial charge in [0.2, 0.25) is 0 Å². The van der Waals surface area contributed by atoms with Crippen LogP contribution in [0.3, 0.4) is 0 Å². The third kappa shape index (κ3) is 4.39. The number of rotatable bonds is 7. The molecule has 0 bridgehead atoms. The van der Waals surface area contributed by atoms with E-state index in [0.717, 1.165) is 12.0 Å². The minimum absolute atomic E-state index is 0.362. The van der Waals surface area contributed by atoms with Crippen molar-refractivity contribution in [2.45, 2.75) is 25.8 Å². The lowest BCUT2D eigenvalue weighted by Gasteiger charge is -2.17. The summed E-state index contributed by atoms with van der Waals surface area (Å²) in [4.78, 5) is 24.0. The molecule has 1 rings (SSSR count). The van der Waals surface area contributed by atoms with E-state index in [9.17, 15) is 9.59 Å². The summed E-state index contributed by atoms with van der Waals surface area (Å²) in [7, 11) is 2.81. The van der Waals surface area contributed by atoms with Gasteiger partial charge in [-0.05, 0) is 30.2 Å². The van der Waals surface area contributed by atoms with E-state index >= 15 is 0 Å². The van der Waals surface area contributed by atoms with E-state index in [2.05, 4.69) is 22.7 Å². The van der Waals surface area contributed by atoms with Crippen LogP contribution in [-0.4, -0.2) is 37.9 Å². The standard InChI is InChI=1S/C15H21NO4S/c1-4-10-6-5-7-11(13(10)19-2)14(17)16-12(8-9-21)15(18)20-3/h5-7,12,21H,4,8-9H2,1-3H3,(H,16,17)/t12-/m0/s1. The van der Waals surface area contributed by atoms with Crippen molar-refractivity contribution in [1.82, 2.24) is 5.32 Å². The van der Waals surface area contributed by atoms with Crippen molar-refractivity contribution in [3.05, 3.63) is 29.3 Å². The smallest absolute Gasteiger partial charge is 0.328 e. The van der Waals surface area contributed by atoms with E-state index in [1.54, 1.807) is 12.1 Å². The zero-order chi connectivity index (χ0) is 15.8. The summed E-state index contributed by atoms with van der Waals surface area (Å²) in [5, 5.41) is 2.67. The Kier molecular flexibility index (Phi) is 7.08. The summed E-state index contributed by atoms with van der Waals surface area (Å²) in [6.45, 7) is 1.98. The third-order valence-electron chi connectivity index (χ3n) is 3.14. The highest BCUT2D eigenvalue weighted by Gasteiger charge is 2.23. The molecule has 5 nitrogen and oxygen atoms in total. The molecule has 1 atom stereocenters. The highest BCUT2D eigenvalue weighted by Crippen LogP contribution is 2.24. The molecule has 0 saturated carbocycles. The Morgan fingerprint density at radius 2 is 2.05 bits per heavy atom. The van der Waals surface area contributed by atoms with Crippen LogP contribution in [0.4, 0.5) is 0 Å². The second kappa shape index (κ2) is 8.56. The molecular weight excluding hydrogens is 290 g/mol. The summed E-state index contributed by atoms with van der Waals surface area (Å²) < 4.78 is 10.0. The second-order valence-corrected chi connectivity index (χ2v) is 4.86. The minimum atomic E-state index is -0.713. The molecule has 0 spiro atoms. The predicted octanol–water partition coefficient (Wildman–Crippen LogP) is 1.85. The lowest BCUT2D eigenvalue weighted by Crippen LogP contribution is -2.42. The number of benzene rings is 1. The van der Waals surface area contributed by atoms with Crippen molar-refractivity contribution in [2.24, 2.45) is 0 Å². The van der Waals surface area contributed by atoms with E-state index in [0.29, 0.717) is 23.5 Å². The van der Waals surface area contributed by atoms with Crippen LogP contribution in [0.5, 0.6) is 5.75 Å². The van der Waals surface area contributed by atoms with Crippen LogP contribution < -0.4 is 10.1 Å². The Balaban J connectivity index is 3.00. The quantitative estimate of drug-likeness (QED) is 0.596. The third-order valence-corrected chi connectivity index (χ3v) is 3.39. The first kappa shape index (κ1) is 17.4. The van der Waals surface area contributed by atoms with Crippen LogP contribution in [0.1, 0.15) is 29.3 Å². The molecule has 0 unspecified atom stereocenters. The van der Waals surface area contributed by atoms with Crippen molar-refractivity contribution in [3.63, 3.8) is 0 Å². The number of aryl methyl sites for hydroxylation is 1. The van der Waals surface area contributed by atoms with Crippen molar-refractivity contribution in [2.75, 3.05) is 20.0 Å². The van der Waals surface area contributed by atoms with Crippen molar-refractivity contribution < 1.29 is 19.1 Å². The maximum atomic E-state index is 12.4. The van der Waals surface area contributed by atoms with Gasteiger partial charge >= 0.3 is 5.97 Å². The molecule has 1 aromatic rings. The average molecular weight is 311 g/mol. The fourth-order valence-electron chi connectivity index (χ4n) is 2.04. The summed E-state index contributed by atoms with van der Waals surface area (Å²) in [5.41, 5.74) is 1.35. The van der Waals surface area contributed by atoms with Gasteiger partial charge in [-0.2, -0.15) is 12.6 Å². The molecule has 0 radical (unpaired) electrons. The van der Waals surface area contributed by atoms with Crippen LogP contribution in [0.2, 0.25) is 0 Å². The number of carbonyl (C=O) groups excluding carboxylic acids is 2. The van der Waals surface area contributed by atoms with Crippen LogP contribution in [0.25, 0.3) is 0 Å². The number of thiol groups is 1. The number of para-hydroxylation sites is 1. The van der Waals surface area contributed by atoms with Gasteiger partial charge in [-0.1, -0.05) is 19.1 Å². The molecule has 1 amide bonds. The Morgan fingerprint density at radius 3 is 2.57 bits per heavy atom. The topological polar surface area (TPSA) is 64.6 Å². The average Bonchev–Trinajstić information content (AvgIpc) is 2.52. The zero-order valence-electron chi connectivity index (χ0n) is 12.5. The number of esters is 1. The Bertz CT molecular complexity index is 504. The Hall–Kier alpha value is -1.69. The summed E-state index contributed by atoms with van der Waals surface area (Å²) in [6, 6.07) is 4.65. The van der Waals surface area contributed by atoms with E-state index in [1.807, 2.05) is 13.0 Å². The van der Waals surface area contributed by atoms with Gasteiger partial charge in [-0.25, -0.2) is 4.79 Å². The number of hydrogen-bond acceptors (Lipinski definition) is 5. The minimum Gasteiger partial charge on any atom is -0.496 e. The molecule has 0 aliphatic rings. The first-order valence-electron chi connectivity index (χ1n) is 6.74. The number of carbonyl (C=O) groups is 2. The zero-order valence-corrected chi connectivity index (χ0v) is 13.4. The molecule has 0 saturated heterocycles. The van der Waals surface area contributed by atoms with Gasteiger partial charge in [0.25, 0.3) is 5.91 Å². The van der Waals surface area contributed by atoms with Gasteiger partial charge in [0.1, 0.15) is 11.8 Å². The lowest BCUT2D eigenvalue weighted by molar-refractivity contribution is -0.142. The second-order valence-electron chi connectivity index (χ2n) is 4.41. The molecule has 0 aromatic heterocycles. The van der Waals surface area contributed by atoms with Crippen LogP contribution >= 0.6 is 12.6 Å². The van der Waals surface area contributed by atoms with Crippen molar-refractivity contribution in [3.8, 4) is 5.75 Å². The van der Waals surface area contributed by atoms with Crippen LogP contribution in [0.15, 0.2) is 18.2 Å². The molecule has 0 fully saturated rings. The molecule has 21 heavy (non-hydrogen) atoms. The number of nitrogens with one attached hydrogen (secondary N) is 1. The van der Waals surface area contributed by atoms with Gasteiger partial charge < -0.3 is 14.8 Å². The molecule has 0 aliphatic carbocycles. The highest BCUT2D eigenvalue weighted by atomic mass is 32.1. The molecular formula is C15H21NO4S. The summed E-state index contributed by atoms with van der Waals surface area (Å²) >= 11 is 4.09. The monoisotopic (exact) mass is 311 g/mol. The summed E-state index contributed by atoms with van der Waals surface area (Å²) in [6.07, 6.45) is 1.15. The Labute approximate surface area is 130 Å². The number of ether oxygens (including phenoxy) is 2. The number of amides is 1. The van der Waals surface area contributed by atoms with Gasteiger partial charge in [0, 0.05) is 0 Å². The molecule has 0 aliphatic heterocycles. The first-order valence-corrected chi connectivity index (χ1v) is 7.37. The van der Waals surface area contributed by atoms with Crippen LogP contribution in [0, 0.1) is 0 Å². The van der Waals surface area contributed by atoms with E-state index < -0.39 is 12.0 Å². The lowest BCUT2D eigenvalue weighted by atomic mass is 10.1. The van der Waals surface area contributed by atoms with Crippen LogP contribution in [-0.2, 0) is 16.0 Å². The molecule has 6 heteroatoms. The number of hydrogen-bond donors (Lipinski definition) is 2. The molecule has 1 aromatic carbocycles.